The van der Waals surface area contributed by atoms with Crippen LogP contribution < -0.4 is 9.21 Å². The Morgan fingerprint density at radius 2 is 1.84 bits per heavy atom. The van der Waals surface area contributed by atoms with Crippen LogP contribution in [-0.2, 0) is 16.0 Å². The van der Waals surface area contributed by atoms with E-state index >= 15 is 0 Å². The van der Waals surface area contributed by atoms with Crippen LogP contribution in [0.5, 0.6) is 0 Å². The molecule has 2 aliphatic rings. The number of fused-ring (bicyclic) bond motifs is 2. The molecule has 1 aliphatic heterocycles. The molecule has 0 amide bonds. The van der Waals surface area contributed by atoms with Crippen molar-refractivity contribution in [2.75, 3.05) is 28.9 Å². The van der Waals surface area contributed by atoms with Crippen LogP contribution in [0.1, 0.15) is 17.3 Å². The largest absolute Gasteiger partial charge is 0.755 e. The van der Waals surface area contributed by atoms with Crippen LogP contribution in [0.4, 0.5) is 11.6 Å². The average Bonchev–Trinajstić information content (AvgIpc) is 3.24. The van der Waals surface area contributed by atoms with Crippen molar-refractivity contribution >= 4 is 39.6 Å². The summed E-state index contributed by atoms with van der Waals surface area (Å²) < 4.78 is 30.7. The Morgan fingerprint density at radius 1 is 1.16 bits per heavy atom. The van der Waals surface area contributed by atoms with E-state index in [1.807, 2.05) is 47.4 Å². The van der Waals surface area contributed by atoms with E-state index in [0.717, 1.165) is 10.8 Å². The molecule has 0 radical (unpaired) electrons. The Labute approximate surface area is 182 Å². The van der Waals surface area contributed by atoms with Gasteiger partial charge >= 0.3 is 5.97 Å². The fraction of sp³-hybridized carbons (Fsp3) is 0.318. The fourth-order valence-corrected chi connectivity index (χ4v) is 5.28. The Hall–Kier alpha value is -3.04. The minimum Gasteiger partial charge on any atom is -0.755 e. The molecule has 5 rings (SSSR count). The Balaban J connectivity index is 1.30. The van der Waals surface area contributed by atoms with E-state index in [1.54, 1.807) is 6.92 Å². The summed E-state index contributed by atoms with van der Waals surface area (Å²) in [5, 5.41) is 2.09. The van der Waals surface area contributed by atoms with E-state index in [9.17, 15) is 13.6 Å². The first-order chi connectivity index (χ1) is 15.1. The first kappa shape index (κ1) is 19.9. The molecular weight excluding hydrogens is 416 g/mol. The summed E-state index contributed by atoms with van der Waals surface area (Å²) in [6, 6.07) is 13.6. The number of ether oxygens (including phenoxy) is 1. The highest BCUT2D eigenvalue weighted by atomic mass is 32.2. The van der Waals surface area contributed by atoms with Crippen molar-refractivity contribution in [3.63, 3.8) is 0 Å². The van der Waals surface area contributed by atoms with Crippen molar-refractivity contribution in [1.82, 2.24) is 9.97 Å². The minimum absolute atomic E-state index is 0.0606. The topological polar surface area (TPSA) is 98.7 Å². The van der Waals surface area contributed by atoms with Gasteiger partial charge in [0, 0.05) is 54.3 Å². The third-order valence-electron chi connectivity index (χ3n) is 6.00. The van der Waals surface area contributed by atoms with Crippen LogP contribution in [-0.4, -0.2) is 50.4 Å². The van der Waals surface area contributed by atoms with Crippen LogP contribution >= 0.6 is 0 Å². The van der Waals surface area contributed by atoms with Crippen molar-refractivity contribution in [2.45, 2.75) is 13.0 Å². The van der Waals surface area contributed by atoms with Gasteiger partial charge < -0.3 is 14.2 Å². The zero-order valence-electron chi connectivity index (χ0n) is 16.9. The number of esters is 1. The number of carbonyl (C=O) groups is 1. The van der Waals surface area contributed by atoms with Crippen LogP contribution in [0, 0.1) is 11.8 Å². The van der Waals surface area contributed by atoms with Crippen molar-refractivity contribution in [2.24, 2.45) is 11.8 Å². The maximum atomic E-state index is 12.1. The molecule has 3 atom stereocenters. The van der Waals surface area contributed by atoms with E-state index in [0.29, 0.717) is 36.9 Å². The molecule has 0 N–H and O–H groups in total. The van der Waals surface area contributed by atoms with Gasteiger partial charge in [-0.15, -0.1) is 0 Å². The number of rotatable bonds is 6. The third-order valence-corrected chi connectivity index (χ3v) is 6.78. The summed E-state index contributed by atoms with van der Waals surface area (Å²) >= 11 is -2.36. The first-order valence-corrected chi connectivity index (χ1v) is 11.2. The quantitative estimate of drug-likeness (QED) is 0.432. The molecule has 9 heteroatoms. The molecular formula is C22H21N4O4S-. The summed E-state index contributed by atoms with van der Waals surface area (Å²) in [6.07, 6.45) is 2.94. The smallest absolute Gasteiger partial charge is 0.341 e. The molecule has 1 saturated heterocycles. The maximum Gasteiger partial charge on any atom is 0.341 e. The molecule has 1 aliphatic carbocycles. The molecule has 2 aromatic carbocycles. The van der Waals surface area contributed by atoms with Gasteiger partial charge in [-0.3, -0.25) is 8.51 Å². The minimum atomic E-state index is -2.36. The Bertz CT molecular complexity index is 1140. The second-order valence-electron chi connectivity index (χ2n) is 7.79. The van der Waals surface area contributed by atoms with Gasteiger partial charge in [0.25, 0.3) is 0 Å². The number of nitrogens with zero attached hydrogens (tertiary/aromatic N) is 4. The predicted molar refractivity (Wildman–Crippen MR) is 116 cm³/mol. The molecule has 1 saturated carbocycles. The monoisotopic (exact) mass is 437 g/mol. The molecule has 1 aromatic heterocycles. The second kappa shape index (κ2) is 7.90. The predicted octanol–water partition coefficient (Wildman–Crippen LogP) is 2.54. The third kappa shape index (κ3) is 3.64. The summed E-state index contributed by atoms with van der Waals surface area (Å²) in [4.78, 5) is 22.4. The second-order valence-corrected chi connectivity index (χ2v) is 8.62. The number of piperidine rings is 1. The molecule has 2 fully saturated rings. The van der Waals surface area contributed by atoms with Gasteiger partial charge in [-0.05, 0) is 29.8 Å². The van der Waals surface area contributed by atoms with E-state index in [1.165, 1.54) is 16.7 Å². The zero-order valence-corrected chi connectivity index (χ0v) is 17.7. The highest BCUT2D eigenvalue weighted by molar-refractivity contribution is 7.80. The summed E-state index contributed by atoms with van der Waals surface area (Å²) in [6.45, 7) is 3.40. The summed E-state index contributed by atoms with van der Waals surface area (Å²) in [5.41, 5.74) is 1.00. The van der Waals surface area contributed by atoms with Crippen LogP contribution in [0.3, 0.4) is 0 Å². The molecule has 31 heavy (non-hydrogen) atoms. The number of anilines is 2. The van der Waals surface area contributed by atoms with Gasteiger partial charge in [0.05, 0.1) is 18.2 Å². The SMILES string of the molecule is CCOC(=O)c1cnc(N2CC3C(C2)C3N(c2ccc3ccccc3c2)S(=O)[O-])nc1. The highest BCUT2D eigenvalue weighted by Crippen LogP contribution is 2.51. The standard InChI is InChI=1S/C22H22N4O4S/c1-2-30-21(27)16-10-23-22(24-11-16)25-12-18-19(13-25)20(18)26(31(28)29)17-8-7-14-5-3-4-6-15(14)9-17/h3-11,18-20H,2,12-13H2,1H3,(H,28,29)/p-1. The lowest BCUT2D eigenvalue weighted by atomic mass is 10.1. The van der Waals surface area contributed by atoms with Crippen LogP contribution in [0.2, 0.25) is 0 Å². The van der Waals surface area contributed by atoms with E-state index < -0.39 is 17.2 Å². The summed E-state index contributed by atoms with van der Waals surface area (Å²) in [5.74, 6) is 0.539. The number of carbonyl (C=O) groups excluding carboxylic acids is 1. The lowest BCUT2D eigenvalue weighted by Crippen LogP contribution is -2.36. The molecule has 3 unspecified atom stereocenters. The van der Waals surface area contributed by atoms with Gasteiger partial charge in [0.1, 0.15) is 0 Å². The molecule has 0 spiro atoms. The van der Waals surface area contributed by atoms with E-state index in [4.69, 9.17) is 4.74 Å². The molecule has 2 heterocycles. The van der Waals surface area contributed by atoms with Gasteiger partial charge in [-0.1, -0.05) is 30.3 Å². The number of aromatic nitrogens is 2. The molecule has 0 bridgehead atoms. The number of benzene rings is 2. The molecule has 3 aromatic rings. The fourth-order valence-electron chi connectivity index (χ4n) is 4.48. The van der Waals surface area contributed by atoms with Crippen molar-refractivity contribution in [3.8, 4) is 0 Å². The summed E-state index contributed by atoms with van der Waals surface area (Å²) in [7, 11) is 0. The van der Waals surface area contributed by atoms with Crippen LogP contribution in [0.25, 0.3) is 10.8 Å². The highest BCUT2D eigenvalue weighted by Gasteiger charge is 2.59. The van der Waals surface area contributed by atoms with Crippen LogP contribution in [0.15, 0.2) is 54.9 Å². The van der Waals surface area contributed by atoms with Gasteiger partial charge in [-0.25, -0.2) is 14.8 Å². The Kier molecular flexibility index (Phi) is 5.07. The van der Waals surface area contributed by atoms with E-state index in [-0.39, 0.29) is 17.9 Å². The van der Waals surface area contributed by atoms with E-state index in [2.05, 4.69) is 9.97 Å². The maximum absolute atomic E-state index is 12.1. The van der Waals surface area contributed by atoms with Gasteiger partial charge in [0.2, 0.25) is 5.95 Å². The Morgan fingerprint density at radius 3 is 2.48 bits per heavy atom. The lowest BCUT2D eigenvalue weighted by Gasteiger charge is -2.30. The van der Waals surface area contributed by atoms with Gasteiger partial charge in [0.15, 0.2) is 0 Å². The van der Waals surface area contributed by atoms with Crippen molar-refractivity contribution < 1.29 is 18.3 Å². The van der Waals surface area contributed by atoms with Crippen molar-refractivity contribution in [3.05, 3.63) is 60.4 Å². The van der Waals surface area contributed by atoms with Gasteiger partial charge in [-0.2, -0.15) is 0 Å². The normalized spacial score (nSPS) is 22.8. The first-order valence-electron chi connectivity index (χ1n) is 10.2. The molecule has 8 nitrogen and oxygen atoms in total. The average molecular weight is 438 g/mol. The lowest BCUT2D eigenvalue weighted by molar-refractivity contribution is 0.0525. The zero-order chi connectivity index (χ0) is 21.5. The number of hydrogen-bond donors (Lipinski definition) is 0. The van der Waals surface area contributed by atoms with Crippen molar-refractivity contribution in [1.29, 1.82) is 0 Å². The number of hydrogen-bond acceptors (Lipinski definition) is 7. The molecule has 160 valence electrons.